The first-order valence-corrected chi connectivity index (χ1v) is 10.5. The SMILES string of the molecule is COC(=O)c1ccc(/C(=C2\C=CC(=NCCC(=O)OC(C)(C)C)N2)c2ccc(Cl)[nH]2)cc1. The van der Waals surface area contributed by atoms with Crippen molar-refractivity contribution < 1.29 is 19.1 Å². The number of rotatable bonds is 6. The molecule has 0 fully saturated rings. The van der Waals surface area contributed by atoms with Gasteiger partial charge in [-0.25, -0.2) is 4.79 Å². The smallest absolute Gasteiger partial charge is 0.337 e. The first-order valence-electron chi connectivity index (χ1n) is 10.2. The summed E-state index contributed by atoms with van der Waals surface area (Å²) in [5, 5.41) is 3.79. The highest BCUT2D eigenvalue weighted by Crippen LogP contribution is 2.29. The van der Waals surface area contributed by atoms with Crippen LogP contribution < -0.4 is 5.32 Å². The first kappa shape index (κ1) is 23.3. The van der Waals surface area contributed by atoms with Crippen LogP contribution in [0.5, 0.6) is 0 Å². The van der Waals surface area contributed by atoms with Gasteiger partial charge in [-0.3, -0.25) is 9.79 Å². The van der Waals surface area contributed by atoms with Crippen molar-refractivity contribution in [3.63, 3.8) is 0 Å². The van der Waals surface area contributed by atoms with E-state index < -0.39 is 11.6 Å². The van der Waals surface area contributed by atoms with Crippen LogP contribution in [0.2, 0.25) is 5.15 Å². The number of carbonyl (C=O) groups excluding carboxylic acids is 2. The topological polar surface area (TPSA) is 92.8 Å². The van der Waals surface area contributed by atoms with Gasteiger partial charge in [-0.15, -0.1) is 0 Å². The minimum absolute atomic E-state index is 0.198. The molecule has 1 aromatic heterocycles. The van der Waals surface area contributed by atoms with Gasteiger partial charge in [0, 0.05) is 17.0 Å². The Labute approximate surface area is 192 Å². The predicted molar refractivity (Wildman–Crippen MR) is 125 cm³/mol. The Balaban J connectivity index is 1.82. The maximum atomic E-state index is 11.9. The third-order valence-corrected chi connectivity index (χ3v) is 4.69. The molecular weight excluding hydrogens is 430 g/mol. The number of aliphatic imine (C=N–C) groups is 1. The summed E-state index contributed by atoms with van der Waals surface area (Å²) < 4.78 is 10.1. The first-order chi connectivity index (χ1) is 15.2. The van der Waals surface area contributed by atoms with Crippen molar-refractivity contribution in [2.75, 3.05) is 13.7 Å². The number of hydrogen-bond acceptors (Lipinski definition) is 5. The van der Waals surface area contributed by atoms with E-state index in [0.29, 0.717) is 23.1 Å². The molecule has 0 bridgehead atoms. The molecule has 8 heteroatoms. The third-order valence-electron chi connectivity index (χ3n) is 4.47. The molecule has 0 amide bonds. The number of nitrogens with zero attached hydrogens (tertiary/aromatic N) is 1. The predicted octanol–water partition coefficient (Wildman–Crippen LogP) is 4.50. The van der Waals surface area contributed by atoms with Gasteiger partial charge >= 0.3 is 11.9 Å². The minimum atomic E-state index is -0.513. The summed E-state index contributed by atoms with van der Waals surface area (Å²) in [5.74, 6) is -0.0381. The lowest BCUT2D eigenvalue weighted by atomic mass is 9.99. The van der Waals surface area contributed by atoms with Crippen molar-refractivity contribution in [2.24, 2.45) is 4.99 Å². The molecule has 1 aliphatic rings. The van der Waals surface area contributed by atoms with E-state index in [-0.39, 0.29) is 12.4 Å². The Bertz CT molecular complexity index is 1090. The van der Waals surface area contributed by atoms with Gasteiger partial charge in [-0.05, 0) is 62.8 Å². The van der Waals surface area contributed by atoms with Crippen LogP contribution in [0.4, 0.5) is 0 Å². The molecule has 0 aliphatic carbocycles. The van der Waals surface area contributed by atoms with E-state index in [1.807, 2.05) is 51.1 Å². The molecule has 1 aromatic carbocycles. The number of methoxy groups -OCH3 is 1. The molecule has 0 saturated carbocycles. The zero-order valence-corrected chi connectivity index (χ0v) is 19.2. The number of aromatic amines is 1. The van der Waals surface area contributed by atoms with Crippen molar-refractivity contribution >= 4 is 34.9 Å². The monoisotopic (exact) mass is 455 g/mol. The third kappa shape index (κ3) is 6.11. The fourth-order valence-electron chi connectivity index (χ4n) is 3.14. The van der Waals surface area contributed by atoms with Crippen LogP contribution >= 0.6 is 11.6 Å². The summed E-state index contributed by atoms with van der Waals surface area (Å²) >= 11 is 6.11. The highest BCUT2D eigenvalue weighted by Gasteiger charge is 2.18. The van der Waals surface area contributed by atoms with Crippen molar-refractivity contribution in [1.82, 2.24) is 10.3 Å². The number of allylic oxidation sites excluding steroid dienone is 1. The number of halogens is 1. The van der Waals surface area contributed by atoms with Crippen LogP contribution in [-0.2, 0) is 14.3 Å². The van der Waals surface area contributed by atoms with Gasteiger partial charge in [0.15, 0.2) is 0 Å². The normalized spacial score (nSPS) is 16.1. The van der Waals surface area contributed by atoms with Crippen LogP contribution in [0.15, 0.2) is 59.2 Å². The number of aromatic nitrogens is 1. The van der Waals surface area contributed by atoms with Gasteiger partial charge in [0.2, 0.25) is 0 Å². The van der Waals surface area contributed by atoms with Crippen LogP contribution in [-0.4, -0.2) is 42.0 Å². The Kier molecular flexibility index (Phi) is 7.20. The molecule has 32 heavy (non-hydrogen) atoms. The number of amidine groups is 1. The molecule has 1 aliphatic heterocycles. The number of ether oxygens (including phenoxy) is 2. The molecule has 2 heterocycles. The van der Waals surface area contributed by atoms with Crippen molar-refractivity contribution in [3.8, 4) is 0 Å². The van der Waals surface area contributed by atoms with Gasteiger partial charge in [0.05, 0.1) is 25.6 Å². The van der Waals surface area contributed by atoms with E-state index in [0.717, 1.165) is 22.5 Å². The summed E-state index contributed by atoms with van der Waals surface area (Å²) in [6, 6.07) is 10.8. The summed E-state index contributed by atoms with van der Waals surface area (Å²) in [4.78, 5) is 31.2. The molecule has 168 valence electrons. The lowest BCUT2D eigenvalue weighted by Crippen LogP contribution is -2.24. The number of benzene rings is 1. The van der Waals surface area contributed by atoms with Crippen LogP contribution in [0.1, 0.15) is 48.8 Å². The molecule has 2 N–H and O–H groups in total. The van der Waals surface area contributed by atoms with E-state index in [1.54, 1.807) is 18.2 Å². The molecule has 0 unspecified atom stereocenters. The van der Waals surface area contributed by atoms with E-state index in [9.17, 15) is 9.59 Å². The van der Waals surface area contributed by atoms with Gasteiger partial charge in [-0.2, -0.15) is 0 Å². The van der Waals surface area contributed by atoms with E-state index in [2.05, 4.69) is 15.3 Å². The van der Waals surface area contributed by atoms with Gasteiger partial charge in [0.25, 0.3) is 0 Å². The molecule has 0 saturated heterocycles. The summed E-state index contributed by atoms with van der Waals surface area (Å²) in [7, 11) is 1.35. The molecule has 0 radical (unpaired) electrons. The number of esters is 2. The van der Waals surface area contributed by atoms with Gasteiger partial charge < -0.3 is 19.8 Å². The second kappa shape index (κ2) is 9.87. The summed E-state index contributed by atoms with van der Waals surface area (Å²) in [6.45, 7) is 5.82. The number of carbonyl (C=O) groups is 2. The molecule has 7 nitrogen and oxygen atoms in total. The maximum Gasteiger partial charge on any atom is 0.337 e. The van der Waals surface area contributed by atoms with Gasteiger partial charge in [0.1, 0.15) is 16.6 Å². The van der Waals surface area contributed by atoms with E-state index in [4.69, 9.17) is 21.1 Å². The Hall–Kier alpha value is -3.32. The molecule has 0 atom stereocenters. The van der Waals surface area contributed by atoms with Crippen molar-refractivity contribution in [2.45, 2.75) is 32.8 Å². The second-order valence-electron chi connectivity index (χ2n) is 8.14. The fourth-order valence-corrected chi connectivity index (χ4v) is 3.31. The van der Waals surface area contributed by atoms with Gasteiger partial charge in [-0.1, -0.05) is 23.7 Å². The van der Waals surface area contributed by atoms with Crippen molar-refractivity contribution in [1.29, 1.82) is 0 Å². The number of H-pyrrole nitrogens is 1. The highest BCUT2D eigenvalue weighted by molar-refractivity contribution is 6.29. The number of hydrogen-bond donors (Lipinski definition) is 2. The zero-order valence-electron chi connectivity index (χ0n) is 18.5. The number of nitrogens with one attached hydrogen (secondary N) is 2. The minimum Gasteiger partial charge on any atom is -0.465 e. The van der Waals surface area contributed by atoms with Crippen LogP contribution in [0, 0.1) is 0 Å². The largest absolute Gasteiger partial charge is 0.465 e. The maximum absolute atomic E-state index is 11.9. The van der Waals surface area contributed by atoms with E-state index in [1.165, 1.54) is 7.11 Å². The standard InChI is InChI=1S/C24H26ClN3O4/c1-24(2,3)32-21(29)13-14-26-20-12-10-18(28-20)22(17-9-11-19(25)27-17)15-5-7-16(8-6-15)23(30)31-4/h5-12,27H,13-14H2,1-4H3,(H,26,28)/b22-18-. The Morgan fingerprint density at radius 1 is 1.03 bits per heavy atom. The second-order valence-corrected chi connectivity index (χ2v) is 8.55. The fraction of sp³-hybridized carbons (Fsp3) is 0.292. The lowest BCUT2D eigenvalue weighted by Gasteiger charge is -2.19. The Morgan fingerprint density at radius 2 is 1.72 bits per heavy atom. The van der Waals surface area contributed by atoms with Crippen molar-refractivity contribution in [3.05, 3.63) is 76.2 Å². The summed E-state index contributed by atoms with van der Waals surface area (Å²) in [6.07, 6.45) is 3.95. The average molecular weight is 456 g/mol. The zero-order chi connectivity index (χ0) is 23.3. The molecule has 0 spiro atoms. The molecular formula is C24H26ClN3O4. The van der Waals surface area contributed by atoms with E-state index >= 15 is 0 Å². The lowest BCUT2D eigenvalue weighted by molar-refractivity contribution is -0.154. The van der Waals surface area contributed by atoms with Crippen LogP contribution in [0.3, 0.4) is 0 Å². The highest BCUT2D eigenvalue weighted by atomic mass is 35.5. The molecule has 3 rings (SSSR count). The average Bonchev–Trinajstić information content (AvgIpc) is 3.36. The molecule has 2 aromatic rings. The Morgan fingerprint density at radius 3 is 2.31 bits per heavy atom. The summed E-state index contributed by atoms with van der Waals surface area (Å²) in [5.41, 5.74) is 3.30. The quantitative estimate of drug-likeness (QED) is 0.625. The van der Waals surface area contributed by atoms with Crippen LogP contribution in [0.25, 0.3) is 5.57 Å².